The van der Waals surface area contributed by atoms with Crippen molar-refractivity contribution in [3.8, 4) is 17.0 Å². The Balaban J connectivity index is 1.48. The number of fused-ring (bicyclic) bond motifs is 1. The van der Waals surface area contributed by atoms with E-state index in [1.54, 1.807) is 30.5 Å². The number of imidazole rings is 1. The number of carbonyl (C=O) groups excluding carboxylic acids is 1. The van der Waals surface area contributed by atoms with Crippen LogP contribution in [-0.2, 0) is 11.2 Å². The molecule has 2 heterocycles. The van der Waals surface area contributed by atoms with Gasteiger partial charge in [0, 0.05) is 49.5 Å². The van der Waals surface area contributed by atoms with E-state index < -0.39 is 0 Å². The normalized spacial score (nSPS) is 11.0. The average molecular weight is 465 g/mol. The summed E-state index contributed by atoms with van der Waals surface area (Å²) >= 11 is 1.61. The molecule has 0 unspecified atom stereocenters. The van der Waals surface area contributed by atoms with Crippen molar-refractivity contribution in [1.29, 1.82) is 0 Å². The third-order valence-electron chi connectivity index (χ3n) is 5.47. The number of methoxy groups -OCH3 is 2. The number of aromatic nitrogens is 2. The lowest BCUT2D eigenvalue weighted by Crippen LogP contribution is -2.38. The number of anilines is 1. The molecule has 0 atom stereocenters. The minimum atomic E-state index is -0.186. The maximum Gasteiger partial charge on any atom is 0.322 e. The summed E-state index contributed by atoms with van der Waals surface area (Å²) in [5.41, 5.74) is 5.03. The molecule has 7 nitrogen and oxygen atoms in total. The molecule has 0 saturated heterocycles. The van der Waals surface area contributed by atoms with Gasteiger partial charge in [0.15, 0.2) is 4.96 Å². The van der Waals surface area contributed by atoms with E-state index >= 15 is 0 Å². The van der Waals surface area contributed by atoms with Crippen LogP contribution in [0.1, 0.15) is 11.3 Å². The molecule has 172 valence electrons. The second-order valence-electron chi connectivity index (χ2n) is 7.73. The number of para-hydroxylation sites is 2. The van der Waals surface area contributed by atoms with Crippen LogP contribution in [0.25, 0.3) is 16.2 Å². The van der Waals surface area contributed by atoms with Gasteiger partial charge in [-0.25, -0.2) is 9.78 Å². The van der Waals surface area contributed by atoms with Crippen LogP contribution in [0.5, 0.6) is 5.75 Å². The van der Waals surface area contributed by atoms with Crippen LogP contribution in [0.4, 0.5) is 10.5 Å². The van der Waals surface area contributed by atoms with Crippen LogP contribution in [0, 0.1) is 6.92 Å². The first kappa shape index (κ1) is 22.8. The van der Waals surface area contributed by atoms with E-state index in [1.165, 1.54) is 5.56 Å². The smallest absolute Gasteiger partial charge is 0.322 e. The van der Waals surface area contributed by atoms with Crippen molar-refractivity contribution in [2.45, 2.75) is 13.3 Å². The number of hydrogen-bond acceptors (Lipinski definition) is 5. The quantitative estimate of drug-likeness (QED) is 0.374. The van der Waals surface area contributed by atoms with Gasteiger partial charge < -0.3 is 19.7 Å². The lowest BCUT2D eigenvalue weighted by atomic mass is 10.1. The molecule has 0 bridgehead atoms. The number of ether oxygens (including phenoxy) is 2. The monoisotopic (exact) mass is 464 g/mol. The second kappa shape index (κ2) is 10.5. The largest absolute Gasteiger partial charge is 0.495 e. The minimum Gasteiger partial charge on any atom is -0.495 e. The molecule has 0 spiro atoms. The predicted molar refractivity (Wildman–Crippen MR) is 132 cm³/mol. The van der Waals surface area contributed by atoms with Gasteiger partial charge in [0.2, 0.25) is 0 Å². The minimum absolute atomic E-state index is 0.186. The number of nitrogens with zero attached hydrogens (tertiary/aromatic N) is 3. The van der Waals surface area contributed by atoms with Crippen molar-refractivity contribution < 1.29 is 14.3 Å². The molecule has 4 aromatic rings. The summed E-state index contributed by atoms with van der Waals surface area (Å²) in [7, 11) is 3.22. The number of nitrogens with one attached hydrogen (secondary N) is 1. The van der Waals surface area contributed by atoms with Crippen LogP contribution < -0.4 is 10.1 Å². The van der Waals surface area contributed by atoms with Gasteiger partial charge in [-0.1, -0.05) is 42.0 Å². The highest BCUT2D eigenvalue weighted by atomic mass is 32.1. The van der Waals surface area contributed by atoms with E-state index in [4.69, 9.17) is 14.5 Å². The van der Waals surface area contributed by atoms with Gasteiger partial charge in [-0.15, -0.1) is 11.3 Å². The number of carbonyl (C=O) groups is 1. The maximum absolute atomic E-state index is 13.0. The molecule has 0 aliphatic carbocycles. The standard InChI is InChI=1S/C25H28N4O3S/c1-18-8-10-19(11-9-18)22-16-29-20(17-33-25(29)27-22)12-13-28(14-15-31-2)24(30)26-21-6-4-5-7-23(21)32-3/h4-11,16-17H,12-15H2,1-3H3,(H,26,30). The average Bonchev–Trinajstić information content (AvgIpc) is 3.41. The predicted octanol–water partition coefficient (Wildman–Crippen LogP) is 5.10. The zero-order valence-corrected chi connectivity index (χ0v) is 19.9. The Labute approximate surface area is 197 Å². The topological polar surface area (TPSA) is 68.1 Å². The summed E-state index contributed by atoms with van der Waals surface area (Å²) in [6.07, 6.45) is 2.77. The molecule has 4 rings (SSSR count). The fourth-order valence-electron chi connectivity index (χ4n) is 3.58. The molecule has 0 radical (unpaired) electrons. The fraction of sp³-hybridized carbons (Fsp3) is 0.280. The lowest BCUT2D eigenvalue weighted by molar-refractivity contribution is 0.155. The molecular weight excluding hydrogens is 436 g/mol. The molecule has 0 aliphatic heterocycles. The van der Waals surface area contributed by atoms with Crippen molar-refractivity contribution in [2.24, 2.45) is 0 Å². The van der Waals surface area contributed by atoms with Crippen LogP contribution in [0.3, 0.4) is 0 Å². The molecule has 2 aromatic heterocycles. The summed E-state index contributed by atoms with van der Waals surface area (Å²) in [6.45, 7) is 3.57. The second-order valence-corrected chi connectivity index (χ2v) is 8.57. The van der Waals surface area contributed by atoms with Crippen molar-refractivity contribution in [3.05, 3.63) is 71.4 Å². The first-order valence-corrected chi connectivity index (χ1v) is 11.7. The van der Waals surface area contributed by atoms with E-state index in [0.29, 0.717) is 37.6 Å². The lowest BCUT2D eigenvalue weighted by Gasteiger charge is -2.23. The zero-order chi connectivity index (χ0) is 23.2. The van der Waals surface area contributed by atoms with Gasteiger partial charge in [0.25, 0.3) is 0 Å². The Hall–Kier alpha value is -3.36. The highest BCUT2D eigenvalue weighted by molar-refractivity contribution is 7.15. The molecule has 2 aromatic carbocycles. The first-order chi connectivity index (χ1) is 16.1. The van der Waals surface area contributed by atoms with Gasteiger partial charge in [0.05, 0.1) is 25.1 Å². The van der Waals surface area contributed by atoms with E-state index in [2.05, 4.69) is 52.5 Å². The maximum atomic E-state index is 13.0. The summed E-state index contributed by atoms with van der Waals surface area (Å²) in [5.74, 6) is 0.624. The van der Waals surface area contributed by atoms with E-state index in [1.807, 2.05) is 24.3 Å². The van der Waals surface area contributed by atoms with Gasteiger partial charge in [-0.3, -0.25) is 4.40 Å². The Morgan fingerprint density at radius 2 is 1.91 bits per heavy atom. The summed E-state index contributed by atoms with van der Waals surface area (Å²) in [6, 6.07) is 15.6. The van der Waals surface area contributed by atoms with E-state index in [9.17, 15) is 4.79 Å². The number of amides is 2. The number of aryl methyl sites for hydroxylation is 1. The Morgan fingerprint density at radius 1 is 1.12 bits per heavy atom. The van der Waals surface area contributed by atoms with Crippen molar-refractivity contribution >= 4 is 28.0 Å². The molecular formula is C25H28N4O3S. The van der Waals surface area contributed by atoms with Gasteiger partial charge >= 0.3 is 6.03 Å². The molecule has 0 saturated carbocycles. The van der Waals surface area contributed by atoms with Crippen LogP contribution in [-0.4, -0.2) is 54.2 Å². The van der Waals surface area contributed by atoms with Gasteiger partial charge in [0.1, 0.15) is 5.75 Å². The highest BCUT2D eigenvalue weighted by Crippen LogP contribution is 2.25. The molecule has 2 amide bonds. The van der Waals surface area contributed by atoms with Crippen LogP contribution in [0.15, 0.2) is 60.1 Å². The number of rotatable bonds is 9. The van der Waals surface area contributed by atoms with Gasteiger partial charge in [-0.2, -0.15) is 0 Å². The number of hydrogen-bond donors (Lipinski definition) is 1. The molecule has 0 aliphatic rings. The Kier molecular flexibility index (Phi) is 7.26. The van der Waals surface area contributed by atoms with Crippen molar-refractivity contribution in [3.63, 3.8) is 0 Å². The molecule has 33 heavy (non-hydrogen) atoms. The molecule has 0 fully saturated rings. The summed E-state index contributed by atoms with van der Waals surface area (Å²) < 4.78 is 12.7. The fourth-order valence-corrected chi connectivity index (χ4v) is 4.49. The van der Waals surface area contributed by atoms with Crippen molar-refractivity contribution in [2.75, 3.05) is 39.2 Å². The Bertz CT molecular complexity index is 1220. The summed E-state index contributed by atoms with van der Waals surface area (Å²) in [5, 5.41) is 5.06. The number of urea groups is 1. The van der Waals surface area contributed by atoms with E-state index in [0.717, 1.165) is 21.9 Å². The third kappa shape index (κ3) is 5.35. The Morgan fingerprint density at radius 3 is 2.67 bits per heavy atom. The third-order valence-corrected chi connectivity index (χ3v) is 6.36. The summed E-state index contributed by atoms with van der Waals surface area (Å²) in [4.78, 5) is 20.5. The van der Waals surface area contributed by atoms with E-state index in [-0.39, 0.29) is 6.03 Å². The zero-order valence-electron chi connectivity index (χ0n) is 19.1. The van der Waals surface area contributed by atoms with Crippen LogP contribution >= 0.6 is 11.3 Å². The SMILES string of the molecule is COCCN(CCc1csc2nc(-c3ccc(C)cc3)cn12)C(=O)Nc1ccccc1OC. The number of benzene rings is 2. The first-order valence-electron chi connectivity index (χ1n) is 10.8. The van der Waals surface area contributed by atoms with Gasteiger partial charge in [-0.05, 0) is 19.1 Å². The van der Waals surface area contributed by atoms with Crippen LogP contribution in [0.2, 0.25) is 0 Å². The number of thiazole rings is 1. The van der Waals surface area contributed by atoms with Crippen molar-refractivity contribution in [1.82, 2.24) is 14.3 Å². The highest BCUT2D eigenvalue weighted by Gasteiger charge is 2.17. The molecule has 8 heteroatoms. The molecule has 1 N–H and O–H groups in total.